The number of carbonyl (C=O) groups excluding carboxylic acids is 3. The molecule has 0 radical (unpaired) electrons. The zero-order chi connectivity index (χ0) is 22.4. The Labute approximate surface area is 187 Å². The first-order chi connectivity index (χ1) is 14.8. The third kappa shape index (κ3) is 6.29. The van der Waals surface area contributed by atoms with Crippen LogP contribution in [-0.4, -0.2) is 66.8 Å². The van der Waals surface area contributed by atoms with Gasteiger partial charge in [-0.15, -0.1) is 0 Å². The molecule has 2 aromatic rings. The van der Waals surface area contributed by atoms with Crippen molar-refractivity contribution < 1.29 is 14.4 Å². The van der Waals surface area contributed by atoms with Gasteiger partial charge in [-0.3, -0.25) is 19.3 Å². The maximum absolute atomic E-state index is 12.4. The Morgan fingerprint density at radius 3 is 2.26 bits per heavy atom. The highest BCUT2D eigenvalue weighted by Crippen LogP contribution is 2.19. The van der Waals surface area contributed by atoms with E-state index in [1.54, 1.807) is 29.2 Å². The quantitative estimate of drug-likeness (QED) is 0.720. The van der Waals surface area contributed by atoms with Crippen molar-refractivity contribution in [3.05, 3.63) is 64.2 Å². The summed E-state index contributed by atoms with van der Waals surface area (Å²) in [4.78, 5) is 40.8. The molecule has 0 bridgehead atoms. The number of para-hydroxylation sites is 1. The molecule has 8 heteroatoms. The molecule has 7 nitrogen and oxygen atoms in total. The minimum atomic E-state index is -0.336. The second-order valence-electron chi connectivity index (χ2n) is 7.66. The summed E-state index contributed by atoms with van der Waals surface area (Å²) in [6.07, 6.45) is 0. The van der Waals surface area contributed by atoms with Crippen molar-refractivity contribution in [3.8, 4) is 0 Å². The molecular formula is C23H27ClN4O3. The summed E-state index contributed by atoms with van der Waals surface area (Å²) in [7, 11) is 0. The van der Waals surface area contributed by atoms with E-state index in [4.69, 9.17) is 11.6 Å². The number of nitrogens with zero attached hydrogens (tertiary/aromatic N) is 2. The minimum absolute atomic E-state index is 0.0639. The minimum Gasteiger partial charge on any atom is -0.343 e. The van der Waals surface area contributed by atoms with Crippen LogP contribution in [0.15, 0.2) is 42.5 Å². The van der Waals surface area contributed by atoms with Crippen molar-refractivity contribution in [2.75, 3.05) is 44.6 Å². The zero-order valence-electron chi connectivity index (χ0n) is 17.8. The van der Waals surface area contributed by atoms with Gasteiger partial charge >= 0.3 is 0 Å². The Morgan fingerprint density at radius 2 is 1.61 bits per heavy atom. The van der Waals surface area contributed by atoms with E-state index in [1.165, 1.54) is 0 Å². The van der Waals surface area contributed by atoms with Crippen molar-refractivity contribution in [1.82, 2.24) is 15.1 Å². The van der Waals surface area contributed by atoms with E-state index in [0.29, 0.717) is 36.8 Å². The molecule has 0 unspecified atom stereocenters. The van der Waals surface area contributed by atoms with E-state index >= 15 is 0 Å². The molecule has 0 spiro atoms. The molecule has 1 fully saturated rings. The van der Waals surface area contributed by atoms with Gasteiger partial charge in [0.25, 0.3) is 5.91 Å². The average molecular weight is 443 g/mol. The van der Waals surface area contributed by atoms with Crippen LogP contribution in [-0.2, 0) is 9.59 Å². The van der Waals surface area contributed by atoms with E-state index in [2.05, 4.69) is 10.6 Å². The zero-order valence-corrected chi connectivity index (χ0v) is 18.5. The van der Waals surface area contributed by atoms with Crippen LogP contribution in [0.4, 0.5) is 5.69 Å². The first-order valence-electron chi connectivity index (χ1n) is 10.2. The maximum atomic E-state index is 12.4. The Bertz CT molecular complexity index is 951. The molecule has 1 aliphatic rings. The largest absolute Gasteiger partial charge is 0.343 e. The van der Waals surface area contributed by atoms with E-state index in [-0.39, 0.29) is 30.8 Å². The standard InChI is InChI=1S/C23H27ClN4O3/c1-16-5-3-6-17(2)22(16)26-20(29)15-27-9-11-28(12-10-27)21(30)14-25-23(31)18-7-4-8-19(24)13-18/h3-8,13H,9-12,14-15H2,1-2H3,(H,25,31)(H,26,29). The fourth-order valence-electron chi connectivity index (χ4n) is 3.55. The van der Waals surface area contributed by atoms with E-state index in [0.717, 1.165) is 16.8 Å². The number of piperazine rings is 1. The highest BCUT2D eigenvalue weighted by Gasteiger charge is 2.23. The molecule has 0 aromatic heterocycles. The van der Waals surface area contributed by atoms with E-state index in [1.807, 2.05) is 36.9 Å². The van der Waals surface area contributed by atoms with Gasteiger partial charge in [0, 0.05) is 42.5 Å². The summed E-state index contributed by atoms with van der Waals surface area (Å²) < 4.78 is 0. The molecular weight excluding hydrogens is 416 g/mol. The van der Waals surface area contributed by atoms with Crippen LogP contribution in [0.3, 0.4) is 0 Å². The van der Waals surface area contributed by atoms with Gasteiger partial charge in [-0.05, 0) is 43.2 Å². The number of anilines is 1. The Balaban J connectivity index is 1.42. The lowest BCUT2D eigenvalue weighted by molar-refractivity contribution is -0.132. The topological polar surface area (TPSA) is 81.8 Å². The number of rotatable bonds is 6. The van der Waals surface area contributed by atoms with Gasteiger partial charge in [0.05, 0.1) is 13.1 Å². The van der Waals surface area contributed by atoms with Gasteiger partial charge in [-0.1, -0.05) is 35.9 Å². The van der Waals surface area contributed by atoms with Gasteiger partial charge < -0.3 is 15.5 Å². The molecule has 164 valence electrons. The summed E-state index contributed by atoms with van der Waals surface area (Å²) in [6.45, 7) is 6.39. The highest BCUT2D eigenvalue weighted by atomic mass is 35.5. The predicted molar refractivity (Wildman–Crippen MR) is 121 cm³/mol. The molecule has 2 N–H and O–H groups in total. The summed E-state index contributed by atoms with van der Waals surface area (Å²) in [5.74, 6) is -0.543. The number of aryl methyl sites for hydroxylation is 2. The Kier molecular flexibility index (Phi) is 7.65. The third-order valence-electron chi connectivity index (χ3n) is 5.32. The molecule has 2 aromatic carbocycles. The second kappa shape index (κ2) is 10.4. The molecule has 31 heavy (non-hydrogen) atoms. The summed E-state index contributed by atoms with van der Waals surface area (Å²) >= 11 is 5.90. The average Bonchev–Trinajstić information content (AvgIpc) is 2.75. The first-order valence-corrected chi connectivity index (χ1v) is 10.6. The molecule has 1 saturated heterocycles. The molecule has 3 amide bonds. The number of halogens is 1. The fourth-order valence-corrected chi connectivity index (χ4v) is 3.74. The SMILES string of the molecule is Cc1cccc(C)c1NC(=O)CN1CCN(C(=O)CNC(=O)c2cccc(Cl)c2)CC1. The van der Waals surface area contributed by atoms with Gasteiger partial charge in [0.15, 0.2) is 0 Å². The number of benzene rings is 2. The Hall–Kier alpha value is -2.90. The van der Waals surface area contributed by atoms with Crippen LogP contribution in [0.1, 0.15) is 21.5 Å². The van der Waals surface area contributed by atoms with E-state index < -0.39 is 0 Å². The molecule has 0 saturated carbocycles. The van der Waals surface area contributed by atoms with Crippen LogP contribution in [0.5, 0.6) is 0 Å². The lowest BCUT2D eigenvalue weighted by Gasteiger charge is -2.34. The van der Waals surface area contributed by atoms with Crippen molar-refractivity contribution in [2.24, 2.45) is 0 Å². The van der Waals surface area contributed by atoms with Crippen molar-refractivity contribution in [2.45, 2.75) is 13.8 Å². The molecule has 1 aliphatic heterocycles. The maximum Gasteiger partial charge on any atom is 0.251 e. The van der Waals surface area contributed by atoms with Crippen molar-refractivity contribution in [1.29, 1.82) is 0 Å². The first kappa shape index (κ1) is 22.8. The molecule has 0 atom stereocenters. The third-order valence-corrected chi connectivity index (χ3v) is 5.56. The van der Waals surface area contributed by atoms with Gasteiger partial charge in [0.2, 0.25) is 11.8 Å². The van der Waals surface area contributed by atoms with Crippen LogP contribution in [0, 0.1) is 13.8 Å². The predicted octanol–water partition coefficient (Wildman–Crippen LogP) is 2.47. The monoisotopic (exact) mass is 442 g/mol. The summed E-state index contributed by atoms with van der Waals surface area (Å²) in [6, 6.07) is 12.5. The smallest absolute Gasteiger partial charge is 0.251 e. The molecule has 3 rings (SSSR count). The molecule has 0 aliphatic carbocycles. The van der Waals surface area contributed by atoms with Crippen LogP contribution >= 0.6 is 11.6 Å². The number of amides is 3. The van der Waals surface area contributed by atoms with Crippen LogP contribution in [0.2, 0.25) is 5.02 Å². The molecule has 1 heterocycles. The summed E-state index contributed by atoms with van der Waals surface area (Å²) in [5.41, 5.74) is 3.34. The second-order valence-corrected chi connectivity index (χ2v) is 8.10. The van der Waals surface area contributed by atoms with Crippen molar-refractivity contribution in [3.63, 3.8) is 0 Å². The van der Waals surface area contributed by atoms with Gasteiger partial charge in [-0.25, -0.2) is 0 Å². The van der Waals surface area contributed by atoms with Crippen LogP contribution < -0.4 is 10.6 Å². The normalized spacial score (nSPS) is 14.2. The fraction of sp³-hybridized carbons (Fsp3) is 0.348. The van der Waals surface area contributed by atoms with Gasteiger partial charge in [0.1, 0.15) is 0 Å². The van der Waals surface area contributed by atoms with Crippen LogP contribution in [0.25, 0.3) is 0 Å². The Morgan fingerprint density at radius 1 is 0.968 bits per heavy atom. The number of hydrogen-bond acceptors (Lipinski definition) is 4. The highest BCUT2D eigenvalue weighted by molar-refractivity contribution is 6.31. The number of nitrogens with one attached hydrogen (secondary N) is 2. The van der Waals surface area contributed by atoms with E-state index in [9.17, 15) is 14.4 Å². The van der Waals surface area contributed by atoms with Gasteiger partial charge in [-0.2, -0.15) is 0 Å². The number of hydrogen-bond donors (Lipinski definition) is 2. The number of carbonyl (C=O) groups is 3. The summed E-state index contributed by atoms with van der Waals surface area (Å²) in [5, 5.41) is 6.10. The van der Waals surface area contributed by atoms with Crippen molar-refractivity contribution >= 4 is 35.0 Å². The lowest BCUT2D eigenvalue weighted by Crippen LogP contribution is -2.52. The lowest BCUT2D eigenvalue weighted by atomic mass is 10.1.